The summed E-state index contributed by atoms with van der Waals surface area (Å²) >= 11 is 0. The number of carbonyl (C=O) groups is 2. The lowest BCUT2D eigenvalue weighted by Gasteiger charge is -2.15. The monoisotopic (exact) mass is 439 g/mol. The van der Waals surface area contributed by atoms with Crippen molar-refractivity contribution in [2.45, 2.75) is 25.6 Å². The lowest BCUT2D eigenvalue weighted by atomic mass is 10.0. The number of nitrogens with one attached hydrogen (secondary N) is 1. The van der Waals surface area contributed by atoms with Crippen molar-refractivity contribution in [2.75, 3.05) is 18.4 Å². The number of rotatable bonds is 3. The number of hydrogen-bond donors (Lipinski definition) is 1. The Balaban J connectivity index is 1.53. The van der Waals surface area contributed by atoms with Crippen molar-refractivity contribution in [1.29, 1.82) is 0 Å². The number of benzene rings is 2. The van der Waals surface area contributed by atoms with E-state index in [0.29, 0.717) is 11.1 Å². The van der Waals surface area contributed by atoms with E-state index in [4.69, 9.17) is 0 Å². The van der Waals surface area contributed by atoms with Gasteiger partial charge in [0.05, 0.1) is 5.56 Å². The zero-order valence-electron chi connectivity index (χ0n) is 17.1. The van der Waals surface area contributed by atoms with Crippen LogP contribution in [-0.4, -0.2) is 34.4 Å². The molecule has 1 aromatic heterocycles. The van der Waals surface area contributed by atoms with Crippen LogP contribution in [0.5, 0.6) is 0 Å². The van der Waals surface area contributed by atoms with Gasteiger partial charge in [-0.05, 0) is 37.1 Å². The molecule has 5 nitrogen and oxygen atoms in total. The van der Waals surface area contributed by atoms with Crippen LogP contribution in [-0.2, 0) is 22.3 Å². The second-order valence-electron chi connectivity index (χ2n) is 8.09. The van der Waals surface area contributed by atoms with Crippen LogP contribution in [0, 0.1) is 0 Å². The zero-order valence-corrected chi connectivity index (χ0v) is 17.1. The van der Waals surface area contributed by atoms with Gasteiger partial charge >= 0.3 is 6.18 Å². The van der Waals surface area contributed by atoms with E-state index in [1.54, 1.807) is 6.08 Å². The second-order valence-corrected chi connectivity index (χ2v) is 8.09. The van der Waals surface area contributed by atoms with Crippen LogP contribution in [0.4, 0.5) is 18.9 Å². The average molecular weight is 439 g/mol. The standard InChI is InChI=1S/C24H20F3N3O2/c25-24(26,27)16-7-8-18-19(23(32)28-20(18)12-16)11-15-13-30(21-6-2-1-5-17(15)21)14-22(31)29-9-3-4-10-29/h1-2,5-8,11-13H,3-4,9-10,14H2,(H,28,32)/b19-11+. The predicted molar refractivity (Wildman–Crippen MR) is 116 cm³/mol. The smallest absolute Gasteiger partial charge is 0.341 e. The van der Waals surface area contributed by atoms with Gasteiger partial charge in [-0.2, -0.15) is 13.2 Å². The number of anilines is 1. The van der Waals surface area contributed by atoms with Gasteiger partial charge in [0, 0.05) is 52.6 Å². The molecule has 164 valence electrons. The fourth-order valence-electron chi connectivity index (χ4n) is 4.40. The van der Waals surface area contributed by atoms with Crippen LogP contribution in [0.3, 0.4) is 0 Å². The maximum Gasteiger partial charge on any atom is 0.416 e. The molecular weight excluding hydrogens is 419 g/mol. The van der Waals surface area contributed by atoms with Crippen LogP contribution in [0.25, 0.3) is 22.6 Å². The van der Waals surface area contributed by atoms with Crippen molar-refractivity contribution in [1.82, 2.24) is 9.47 Å². The van der Waals surface area contributed by atoms with Crippen LogP contribution >= 0.6 is 0 Å². The highest BCUT2D eigenvalue weighted by Gasteiger charge is 2.33. The highest BCUT2D eigenvalue weighted by atomic mass is 19.4. The molecule has 2 aliphatic heterocycles. The van der Waals surface area contributed by atoms with Crippen molar-refractivity contribution in [3.8, 4) is 0 Å². The van der Waals surface area contributed by atoms with E-state index in [-0.39, 0.29) is 18.1 Å². The minimum absolute atomic E-state index is 0.0473. The van der Waals surface area contributed by atoms with Gasteiger partial charge in [-0.15, -0.1) is 0 Å². The molecule has 5 rings (SSSR count). The number of hydrogen-bond acceptors (Lipinski definition) is 2. The number of carbonyl (C=O) groups excluding carboxylic acids is 2. The molecular formula is C24H20F3N3O2. The summed E-state index contributed by atoms with van der Waals surface area (Å²) in [6, 6.07) is 10.8. The van der Waals surface area contributed by atoms with Crippen LogP contribution in [0.1, 0.15) is 29.5 Å². The molecule has 0 unspecified atom stereocenters. The highest BCUT2D eigenvalue weighted by molar-refractivity contribution is 6.35. The number of alkyl halides is 3. The Kier molecular flexibility index (Phi) is 4.80. The van der Waals surface area contributed by atoms with Gasteiger partial charge in [-0.1, -0.05) is 24.3 Å². The Hall–Kier alpha value is -3.55. The van der Waals surface area contributed by atoms with Gasteiger partial charge < -0.3 is 14.8 Å². The first-order valence-corrected chi connectivity index (χ1v) is 10.4. The lowest BCUT2D eigenvalue weighted by Crippen LogP contribution is -2.30. The summed E-state index contributed by atoms with van der Waals surface area (Å²) in [4.78, 5) is 27.1. The van der Waals surface area contributed by atoms with Crippen molar-refractivity contribution in [3.63, 3.8) is 0 Å². The molecule has 2 aliphatic rings. The normalized spacial score (nSPS) is 17.3. The largest absolute Gasteiger partial charge is 0.416 e. The SMILES string of the molecule is O=C1Nc2cc(C(F)(F)F)ccc2/C1=C\c1cn(CC(=O)N2CCCC2)c2ccccc12. The molecule has 3 aromatic rings. The maximum atomic E-state index is 13.0. The Morgan fingerprint density at radius 3 is 2.59 bits per heavy atom. The fraction of sp³-hybridized carbons (Fsp3) is 0.250. The zero-order chi connectivity index (χ0) is 22.5. The molecule has 0 bridgehead atoms. The minimum atomic E-state index is -4.48. The number of halogens is 3. The van der Waals surface area contributed by atoms with Crippen LogP contribution in [0.2, 0.25) is 0 Å². The van der Waals surface area contributed by atoms with E-state index >= 15 is 0 Å². The fourth-order valence-corrected chi connectivity index (χ4v) is 4.40. The number of para-hydroxylation sites is 1. The van der Waals surface area contributed by atoms with E-state index in [2.05, 4.69) is 5.32 Å². The maximum absolute atomic E-state index is 13.0. The van der Waals surface area contributed by atoms with Crippen molar-refractivity contribution in [2.24, 2.45) is 0 Å². The molecule has 0 atom stereocenters. The topological polar surface area (TPSA) is 54.3 Å². The summed E-state index contributed by atoms with van der Waals surface area (Å²) in [6.45, 7) is 1.74. The van der Waals surface area contributed by atoms with Gasteiger partial charge in [0.1, 0.15) is 6.54 Å². The molecule has 32 heavy (non-hydrogen) atoms. The third kappa shape index (κ3) is 3.55. The second kappa shape index (κ2) is 7.55. The molecule has 0 aliphatic carbocycles. The number of likely N-dealkylation sites (tertiary alicyclic amines) is 1. The molecule has 8 heteroatoms. The van der Waals surface area contributed by atoms with Gasteiger partial charge in [0.2, 0.25) is 5.91 Å². The Morgan fingerprint density at radius 2 is 1.84 bits per heavy atom. The van der Waals surface area contributed by atoms with Gasteiger partial charge in [0.15, 0.2) is 0 Å². The summed E-state index contributed by atoms with van der Waals surface area (Å²) in [5, 5.41) is 3.39. The molecule has 3 heterocycles. The highest BCUT2D eigenvalue weighted by Crippen LogP contribution is 2.39. The van der Waals surface area contributed by atoms with Crippen LogP contribution < -0.4 is 5.32 Å². The van der Waals surface area contributed by atoms with Crippen molar-refractivity contribution >= 4 is 40.1 Å². The first-order valence-electron chi connectivity index (χ1n) is 10.4. The molecule has 2 aromatic carbocycles. The Labute approximate surface area is 182 Å². The van der Waals surface area contributed by atoms with E-state index in [1.807, 2.05) is 39.9 Å². The first kappa shape index (κ1) is 20.4. The van der Waals surface area contributed by atoms with Gasteiger partial charge in [-0.3, -0.25) is 9.59 Å². The number of aromatic nitrogens is 1. The van der Waals surface area contributed by atoms with Crippen molar-refractivity contribution in [3.05, 3.63) is 65.4 Å². The van der Waals surface area contributed by atoms with Gasteiger partial charge in [0.25, 0.3) is 5.91 Å². The van der Waals surface area contributed by atoms with Crippen molar-refractivity contribution < 1.29 is 22.8 Å². The number of fused-ring (bicyclic) bond motifs is 2. The third-order valence-corrected chi connectivity index (χ3v) is 6.01. The minimum Gasteiger partial charge on any atom is -0.341 e. The molecule has 1 fully saturated rings. The molecule has 1 saturated heterocycles. The quantitative estimate of drug-likeness (QED) is 0.598. The van der Waals surface area contributed by atoms with Crippen LogP contribution in [0.15, 0.2) is 48.7 Å². The molecule has 1 N–H and O–H groups in total. The number of nitrogens with zero attached hydrogens (tertiary/aromatic N) is 2. The summed E-state index contributed by atoms with van der Waals surface area (Å²) in [5.74, 6) is -0.407. The summed E-state index contributed by atoms with van der Waals surface area (Å²) < 4.78 is 41.0. The Bertz CT molecular complexity index is 1270. The molecule has 0 radical (unpaired) electrons. The van der Waals surface area contributed by atoms with Gasteiger partial charge in [-0.25, -0.2) is 0 Å². The Morgan fingerprint density at radius 1 is 1.09 bits per heavy atom. The lowest BCUT2D eigenvalue weighted by molar-refractivity contribution is -0.137. The van der Waals surface area contributed by atoms with E-state index in [0.717, 1.165) is 54.5 Å². The average Bonchev–Trinajstić information content (AvgIpc) is 3.47. The molecule has 0 spiro atoms. The van der Waals surface area contributed by atoms with E-state index in [9.17, 15) is 22.8 Å². The first-order chi connectivity index (χ1) is 15.3. The van der Waals surface area contributed by atoms with E-state index in [1.165, 1.54) is 6.07 Å². The number of amides is 2. The summed E-state index contributed by atoms with van der Waals surface area (Å²) in [5.41, 5.74) is 1.64. The predicted octanol–water partition coefficient (Wildman–Crippen LogP) is 4.78. The third-order valence-electron chi connectivity index (χ3n) is 6.01. The summed E-state index contributed by atoms with van der Waals surface area (Å²) in [6.07, 6.45) is 1.04. The van der Waals surface area contributed by atoms with E-state index < -0.39 is 17.6 Å². The molecule has 2 amide bonds. The molecule has 0 saturated carbocycles. The summed E-state index contributed by atoms with van der Waals surface area (Å²) in [7, 11) is 0.